The third-order valence-electron chi connectivity index (χ3n) is 1.33. The van der Waals surface area contributed by atoms with Crippen LogP contribution in [0.3, 0.4) is 0 Å². The van der Waals surface area contributed by atoms with Crippen LogP contribution >= 0.6 is 12.4 Å². The Balaban J connectivity index is 0.000001000. The fourth-order valence-electron chi connectivity index (χ4n) is 0.626. The van der Waals surface area contributed by atoms with Crippen molar-refractivity contribution in [2.45, 2.75) is 13.0 Å². The number of halogens is 1. The van der Waals surface area contributed by atoms with Gasteiger partial charge in [-0.2, -0.15) is 0 Å². The maximum Gasteiger partial charge on any atom is 0.326 e. The molecule has 1 N–H and O–H groups in total. The van der Waals surface area contributed by atoms with Crippen LogP contribution < -0.4 is 0 Å². The Hall–Kier alpha value is -1.03. The van der Waals surface area contributed by atoms with Crippen LogP contribution in [-0.4, -0.2) is 20.6 Å². The van der Waals surface area contributed by atoms with Gasteiger partial charge in [-0.15, -0.1) is 12.4 Å². The van der Waals surface area contributed by atoms with Gasteiger partial charge < -0.3 is 9.67 Å². The van der Waals surface area contributed by atoms with E-state index in [2.05, 4.69) is 4.98 Å². The Bertz CT molecular complexity index is 222. The minimum atomic E-state index is -0.849. The van der Waals surface area contributed by atoms with E-state index in [1.54, 1.807) is 19.3 Å². The zero-order chi connectivity index (χ0) is 7.56. The lowest BCUT2D eigenvalue weighted by atomic mass is 10.3. The van der Waals surface area contributed by atoms with Crippen molar-refractivity contribution < 1.29 is 9.90 Å². The van der Waals surface area contributed by atoms with E-state index in [0.29, 0.717) is 0 Å². The van der Waals surface area contributed by atoms with Crippen LogP contribution in [0, 0.1) is 0 Å². The first-order valence-electron chi connectivity index (χ1n) is 2.92. The van der Waals surface area contributed by atoms with E-state index < -0.39 is 12.0 Å². The predicted molar refractivity (Wildman–Crippen MR) is 41.8 cm³/mol. The van der Waals surface area contributed by atoms with Gasteiger partial charge >= 0.3 is 5.97 Å². The molecule has 1 atom stereocenters. The van der Waals surface area contributed by atoms with E-state index in [0.717, 1.165) is 0 Å². The molecule has 0 aromatic carbocycles. The van der Waals surface area contributed by atoms with Gasteiger partial charge in [0, 0.05) is 12.4 Å². The molecule has 1 aromatic heterocycles. The summed E-state index contributed by atoms with van der Waals surface area (Å²) < 4.78 is 1.53. The molecule has 0 bridgehead atoms. The number of hydrogen-bond acceptors (Lipinski definition) is 2. The minimum absolute atomic E-state index is 0. The summed E-state index contributed by atoms with van der Waals surface area (Å²) in [6.07, 6.45) is 4.66. The second-order valence-electron chi connectivity index (χ2n) is 2.02. The number of rotatable bonds is 2. The molecule has 0 aliphatic rings. The predicted octanol–water partition coefficient (Wildman–Crippen LogP) is 0.950. The summed E-state index contributed by atoms with van der Waals surface area (Å²) in [5.74, 6) is -0.849. The number of hydrogen-bond donors (Lipinski definition) is 1. The lowest BCUT2D eigenvalue weighted by Gasteiger charge is -2.05. The van der Waals surface area contributed by atoms with E-state index >= 15 is 0 Å². The topological polar surface area (TPSA) is 55.1 Å². The van der Waals surface area contributed by atoms with Crippen LogP contribution in [0.5, 0.6) is 0 Å². The molecule has 5 heteroatoms. The molecule has 0 radical (unpaired) electrons. The third kappa shape index (κ3) is 2.23. The SMILES string of the molecule is CC(C(=O)O)n1ccnc1.Cl. The maximum atomic E-state index is 10.3. The zero-order valence-electron chi connectivity index (χ0n) is 5.97. The number of nitrogens with zero attached hydrogens (tertiary/aromatic N) is 2. The van der Waals surface area contributed by atoms with Gasteiger partial charge in [0.2, 0.25) is 0 Å². The second kappa shape index (κ2) is 3.98. The zero-order valence-corrected chi connectivity index (χ0v) is 6.78. The molecule has 11 heavy (non-hydrogen) atoms. The van der Waals surface area contributed by atoms with E-state index in [1.165, 1.54) is 10.9 Å². The fourth-order valence-corrected chi connectivity index (χ4v) is 0.626. The van der Waals surface area contributed by atoms with Crippen LogP contribution in [0.4, 0.5) is 0 Å². The molecule has 1 aromatic rings. The molecular weight excluding hydrogens is 168 g/mol. The monoisotopic (exact) mass is 176 g/mol. The molecule has 0 fully saturated rings. The molecule has 0 aliphatic carbocycles. The first-order valence-corrected chi connectivity index (χ1v) is 2.92. The van der Waals surface area contributed by atoms with Gasteiger partial charge in [0.1, 0.15) is 6.04 Å². The molecule has 0 saturated carbocycles. The fraction of sp³-hybridized carbons (Fsp3) is 0.333. The van der Waals surface area contributed by atoms with Crippen LogP contribution in [0.1, 0.15) is 13.0 Å². The Morgan fingerprint density at radius 1 is 1.73 bits per heavy atom. The molecule has 0 aliphatic heterocycles. The Morgan fingerprint density at radius 2 is 2.36 bits per heavy atom. The number of carboxylic acid groups (broad SMARTS) is 1. The number of carbonyl (C=O) groups is 1. The van der Waals surface area contributed by atoms with E-state index in [-0.39, 0.29) is 12.4 Å². The quantitative estimate of drug-likeness (QED) is 0.730. The lowest BCUT2D eigenvalue weighted by Crippen LogP contribution is -2.13. The van der Waals surface area contributed by atoms with Crippen LogP contribution in [0.2, 0.25) is 0 Å². The summed E-state index contributed by atoms with van der Waals surface area (Å²) in [6, 6.07) is -0.525. The average molecular weight is 177 g/mol. The van der Waals surface area contributed by atoms with Crippen LogP contribution in [0.25, 0.3) is 0 Å². The summed E-state index contributed by atoms with van der Waals surface area (Å²) in [7, 11) is 0. The van der Waals surface area contributed by atoms with Gasteiger partial charge in [-0.3, -0.25) is 0 Å². The Morgan fingerprint density at radius 3 is 2.73 bits per heavy atom. The van der Waals surface area contributed by atoms with Crippen LogP contribution in [0.15, 0.2) is 18.7 Å². The molecule has 62 valence electrons. The van der Waals surface area contributed by atoms with Crippen molar-refractivity contribution in [1.29, 1.82) is 0 Å². The summed E-state index contributed by atoms with van der Waals surface area (Å²) in [6.45, 7) is 1.60. The average Bonchev–Trinajstić information content (AvgIpc) is 2.36. The number of carboxylic acids is 1. The number of aromatic nitrogens is 2. The molecule has 0 saturated heterocycles. The van der Waals surface area contributed by atoms with Gasteiger partial charge in [0.05, 0.1) is 6.33 Å². The van der Waals surface area contributed by atoms with Crippen molar-refractivity contribution in [1.82, 2.24) is 9.55 Å². The Kier molecular flexibility index (Phi) is 3.60. The van der Waals surface area contributed by atoms with Crippen molar-refractivity contribution in [3.8, 4) is 0 Å². The summed E-state index contributed by atoms with van der Waals surface area (Å²) in [5.41, 5.74) is 0. The smallest absolute Gasteiger partial charge is 0.326 e. The van der Waals surface area contributed by atoms with Crippen molar-refractivity contribution in [3.63, 3.8) is 0 Å². The van der Waals surface area contributed by atoms with Gasteiger partial charge in [0.25, 0.3) is 0 Å². The molecule has 1 unspecified atom stereocenters. The van der Waals surface area contributed by atoms with Gasteiger partial charge in [0.15, 0.2) is 0 Å². The highest BCUT2D eigenvalue weighted by Gasteiger charge is 2.10. The first-order chi connectivity index (χ1) is 4.72. The summed E-state index contributed by atoms with van der Waals surface area (Å²) >= 11 is 0. The van der Waals surface area contributed by atoms with E-state index in [9.17, 15) is 4.79 Å². The first kappa shape index (κ1) is 9.97. The van der Waals surface area contributed by atoms with Crippen molar-refractivity contribution in [2.24, 2.45) is 0 Å². The molecule has 1 heterocycles. The number of aliphatic carboxylic acids is 1. The number of imidazole rings is 1. The largest absolute Gasteiger partial charge is 0.480 e. The molecule has 1 rings (SSSR count). The lowest BCUT2D eigenvalue weighted by molar-refractivity contribution is -0.140. The minimum Gasteiger partial charge on any atom is -0.480 e. The van der Waals surface area contributed by atoms with Crippen LogP contribution in [-0.2, 0) is 4.79 Å². The highest BCUT2D eigenvalue weighted by molar-refractivity contribution is 5.85. The third-order valence-corrected chi connectivity index (χ3v) is 1.33. The normalized spacial score (nSPS) is 11.7. The van der Waals surface area contributed by atoms with Crippen molar-refractivity contribution >= 4 is 18.4 Å². The maximum absolute atomic E-state index is 10.3. The summed E-state index contributed by atoms with van der Waals surface area (Å²) in [4.78, 5) is 14.1. The second-order valence-corrected chi connectivity index (χ2v) is 2.02. The molecule has 0 spiro atoms. The molecular formula is C6H9ClN2O2. The van der Waals surface area contributed by atoms with Gasteiger partial charge in [-0.1, -0.05) is 0 Å². The van der Waals surface area contributed by atoms with E-state index in [1.807, 2.05) is 0 Å². The van der Waals surface area contributed by atoms with E-state index in [4.69, 9.17) is 5.11 Å². The Labute approximate surface area is 70.3 Å². The van der Waals surface area contributed by atoms with Crippen molar-refractivity contribution in [3.05, 3.63) is 18.7 Å². The standard InChI is InChI=1S/C6H8N2O2.ClH/c1-5(6(9)10)8-3-2-7-4-8;/h2-5H,1H3,(H,9,10);1H. The van der Waals surface area contributed by atoms with Crippen molar-refractivity contribution in [2.75, 3.05) is 0 Å². The highest BCUT2D eigenvalue weighted by Crippen LogP contribution is 2.02. The summed E-state index contributed by atoms with van der Waals surface area (Å²) in [5, 5.41) is 8.51. The van der Waals surface area contributed by atoms with Gasteiger partial charge in [-0.05, 0) is 6.92 Å². The molecule has 4 nitrogen and oxygen atoms in total. The highest BCUT2D eigenvalue weighted by atomic mass is 35.5. The van der Waals surface area contributed by atoms with Gasteiger partial charge in [-0.25, -0.2) is 9.78 Å². The molecule has 0 amide bonds.